The molecule has 10 nitrogen and oxygen atoms in total. The largest absolute Gasteiger partial charge is 0.347 e. The van der Waals surface area contributed by atoms with Crippen LogP contribution in [0.2, 0.25) is 0 Å². The number of halogens is 1. The van der Waals surface area contributed by atoms with Crippen molar-refractivity contribution in [1.29, 1.82) is 5.26 Å². The molecule has 156 valence electrons. The molecule has 3 rings (SSSR count). The highest BCUT2D eigenvalue weighted by Gasteiger charge is 2.36. The third kappa shape index (κ3) is 4.70. The Morgan fingerprint density at radius 1 is 1.30 bits per heavy atom. The van der Waals surface area contributed by atoms with Gasteiger partial charge in [-0.05, 0) is 35.4 Å². The quantitative estimate of drug-likeness (QED) is 0.197. The minimum Gasteiger partial charge on any atom is -0.323 e. The maximum absolute atomic E-state index is 13.9. The Morgan fingerprint density at radius 3 is 2.57 bits per heavy atom. The fraction of sp³-hybridized carbons (Fsp3) is 0.133. The lowest BCUT2D eigenvalue weighted by Crippen LogP contribution is -2.28. The van der Waals surface area contributed by atoms with Crippen molar-refractivity contribution in [3.8, 4) is 6.07 Å². The van der Waals surface area contributed by atoms with Gasteiger partial charge in [0, 0.05) is 19.2 Å². The predicted octanol–water partition coefficient (Wildman–Crippen LogP) is 3.94. The highest BCUT2D eigenvalue weighted by Crippen LogP contribution is 2.51. The summed E-state index contributed by atoms with van der Waals surface area (Å²) in [7, 11) is -9.44. The number of rotatable bonds is 7. The molecular weight excluding hydrogens is 476 g/mol. The minimum atomic E-state index is -5.08. The Balaban J connectivity index is 1.95. The van der Waals surface area contributed by atoms with E-state index in [2.05, 4.69) is 10.0 Å². The molecule has 0 aliphatic heterocycles. The zero-order chi connectivity index (χ0) is 22.1. The van der Waals surface area contributed by atoms with Gasteiger partial charge in [0.2, 0.25) is 0 Å². The molecule has 1 unspecified atom stereocenters. The van der Waals surface area contributed by atoms with E-state index in [-0.39, 0.29) is 21.9 Å². The number of nitrogens with one attached hydrogen (secondary N) is 1. The number of benzene rings is 1. The molecule has 0 amide bonds. The van der Waals surface area contributed by atoms with Crippen LogP contribution >= 0.6 is 30.3 Å². The maximum Gasteiger partial charge on any atom is 0.347 e. The maximum atomic E-state index is 13.9. The van der Waals surface area contributed by atoms with Crippen molar-refractivity contribution in [3.63, 3.8) is 0 Å². The number of thiophene rings is 2. The molecule has 0 radical (unpaired) electrons. The molecule has 0 fully saturated rings. The molecule has 0 aliphatic carbocycles. The zero-order valence-corrected chi connectivity index (χ0v) is 18.0. The molecule has 1 atom stereocenters. The van der Waals surface area contributed by atoms with E-state index in [1.165, 1.54) is 17.4 Å². The summed E-state index contributed by atoms with van der Waals surface area (Å²) in [6, 6.07) is 7.36. The Kier molecular flexibility index (Phi) is 6.28. The van der Waals surface area contributed by atoms with E-state index >= 15 is 0 Å². The van der Waals surface area contributed by atoms with Crippen LogP contribution in [0.15, 0.2) is 39.7 Å². The molecule has 1 aromatic carbocycles. The first kappa shape index (κ1) is 22.4. The summed E-state index contributed by atoms with van der Waals surface area (Å²) in [5.74, 6) is -3.07. The number of nitriles is 1. The standard InChI is InChI=1S/C15H11FN5O5PS3/c16-11-3-8(1-2-9(11)6-17)15(27(22,23)24)20-30(25,26)14-5-13-12(29-14)4-10(28-13)7-19-21-18/h1-5,15,20H,7H2,(H2,22,23,24). The molecule has 2 heterocycles. The second-order valence-electron chi connectivity index (χ2n) is 5.86. The van der Waals surface area contributed by atoms with Crippen LogP contribution in [0.3, 0.4) is 0 Å². The lowest BCUT2D eigenvalue weighted by atomic mass is 10.1. The third-order valence-electron chi connectivity index (χ3n) is 3.82. The topological polar surface area (TPSA) is 176 Å². The fourth-order valence-electron chi connectivity index (χ4n) is 2.50. The summed E-state index contributed by atoms with van der Waals surface area (Å²) in [6.45, 7) is 0.118. The molecular formula is C15H11FN5O5PS3. The lowest BCUT2D eigenvalue weighted by molar-refractivity contribution is 0.355. The van der Waals surface area contributed by atoms with Crippen molar-refractivity contribution in [3.05, 3.63) is 62.6 Å². The Bertz CT molecular complexity index is 1340. The Labute approximate surface area is 177 Å². The van der Waals surface area contributed by atoms with Gasteiger partial charge in [-0.1, -0.05) is 11.2 Å². The molecule has 15 heteroatoms. The fourth-order valence-corrected chi connectivity index (χ4v) is 7.84. The van der Waals surface area contributed by atoms with Crippen molar-refractivity contribution < 1.29 is 27.2 Å². The molecule has 0 saturated carbocycles. The number of azide groups is 1. The van der Waals surface area contributed by atoms with E-state index < -0.39 is 29.2 Å². The van der Waals surface area contributed by atoms with Crippen LogP contribution in [-0.4, -0.2) is 18.2 Å². The molecule has 2 aromatic heterocycles. The van der Waals surface area contributed by atoms with Crippen LogP contribution < -0.4 is 4.72 Å². The van der Waals surface area contributed by atoms with Crippen LogP contribution in [0.4, 0.5) is 4.39 Å². The van der Waals surface area contributed by atoms with Crippen LogP contribution in [0.5, 0.6) is 0 Å². The van der Waals surface area contributed by atoms with E-state index in [0.717, 1.165) is 28.3 Å². The predicted molar refractivity (Wildman–Crippen MR) is 109 cm³/mol. The van der Waals surface area contributed by atoms with Gasteiger partial charge in [0.05, 0.1) is 12.1 Å². The van der Waals surface area contributed by atoms with Gasteiger partial charge in [-0.25, -0.2) is 12.8 Å². The normalized spacial score (nSPS) is 13.0. The second-order valence-corrected chi connectivity index (χ2v) is 11.7. The minimum absolute atomic E-state index is 0.118. The van der Waals surface area contributed by atoms with Gasteiger partial charge in [0.25, 0.3) is 10.0 Å². The van der Waals surface area contributed by atoms with Crippen molar-refractivity contribution in [2.75, 3.05) is 0 Å². The van der Waals surface area contributed by atoms with E-state index in [0.29, 0.717) is 15.5 Å². The molecule has 3 N–H and O–H groups in total. The molecule has 3 aromatic rings. The number of hydrogen-bond acceptors (Lipinski definition) is 7. The zero-order valence-electron chi connectivity index (χ0n) is 14.6. The van der Waals surface area contributed by atoms with Crippen molar-refractivity contribution in [2.45, 2.75) is 16.5 Å². The summed E-state index contributed by atoms with van der Waals surface area (Å²) < 4.78 is 54.3. The molecule has 0 saturated heterocycles. The third-order valence-corrected chi connectivity index (χ3v) is 9.27. The molecule has 0 spiro atoms. The summed E-state index contributed by atoms with van der Waals surface area (Å²) in [5.41, 5.74) is 7.70. The van der Waals surface area contributed by atoms with Crippen molar-refractivity contribution in [1.82, 2.24) is 4.72 Å². The summed E-state index contributed by atoms with van der Waals surface area (Å²) in [4.78, 5) is 22.7. The summed E-state index contributed by atoms with van der Waals surface area (Å²) >= 11 is 2.09. The van der Waals surface area contributed by atoms with Crippen molar-refractivity contribution >= 4 is 49.7 Å². The van der Waals surface area contributed by atoms with Crippen LogP contribution in [-0.2, 0) is 21.1 Å². The Morgan fingerprint density at radius 2 is 2.00 bits per heavy atom. The van der Waals surface area contributed by atoms with Crippen LogP contribution in [0.25, 0.3) is 19.8 Å². The molecule has 0 bridgehead atoms. The first-order chi connectivity index (χ1) is 14.0. The first-order valence-electron chi connectivity index (χ1n) is 7.85. The summed E-state index contributed by atoms with van der Waals surface area (Å²) in [6.07, 6.45) is 0. The first-order valence-corrected chi connectivity index (χ1v) is 12.6. The van der Waals surface area contributed by atoms with Crippen LogP contribution in [0, 0.1) is 17.1 Å². The van der Waals surface area contributed by atoms with Crippen molar-refractivity contribution in [2.24, 2.45) is 5.11 Å². The van der Waals surface area contributed by atoms with Gasteiger partial charge >= 0.3 is 7.60 Å². The SMILES string of the molecule is N#Cc1ccc(C(NS(=O)(=O)c2cc3sc(CN=[N+]=[N-])cc3s2)P(=O)(O)O)cc1F. The highest BCUT2D eigenvalue weighted by molar-refractivity contribution is 7.92. The van der Waals surface area contributed by atoms with Gasteiger partial charge in [0.15, 0.2) is 0 Å². The van der Waals surface area contributed by atoms with Gasteiger partial charge in [-0.3, -0.25) is 4.57 Å². The number of nitrogens with zero attached hydrogens (tertiary/aromatic N) is 4. The number of hydrogen-bond donors (Lipinski definition) is 3. The second kappa shape index (κ2) is 8.43. The molecule has 0 aliphatic rings. The Hall–Kier alpha value is -2.33. The smallest absolute Gasteiger partial charge is 0.323 e. The van der Waals surface area contributed by atoms with E-state index in [1.54, 1.807) is 12.1 Å². The van der Waals surface area contributed by atoms with Gasteiger partial charge in [-0.2, -0.15) is 9.98 Å². The van der Waals surface area contributed by atoms with Gasteiger partial charge < -0.3 is 9.79 Å². The monoisotopic (exact) mass is 487 g/mol. The number of fused-ring (bicyclic) bond motifs is 1. The van der Waals surface area contributed by atoms with E-state index in [4.69, 9.17) is 10.8 Å². The number of sulfonamides is 1. The molecule has 30 heavy (non-hydrogen) atoms. The average Bonchev–Trinajstić information content (AvgIpc) is 3.23. The van der Waals surface area contributed by atoms with Gasteiger partial charge in [-0.15, -0.1) is 22.7 Å². The van der Waals surface area contributed by atoms with Crippen LogP contribution in [0.1, 0.15) is 21.8 Å². The summed E-state index contributed by atoms with van der Waals surface area (Å²) in [5, 5.41) is 12.2. The van der Waals surface area contributed by atoms with Gasteiger partial charge in [0.1, 0.15) is 21.9 Å². The average molecular weight is 487 g/mol. The lowest BCUT2D eigenvalue weighted by Gasteiger charge is -2.20. The highest BCUT2D eigenvalue weighted by atomic mass is 32.2. The van der Waals surface area contributed by atoms with E-state index in [9.17, 15) is 27.2 Å². The van der Waals surface area contributed by atoms with E-state index in [1.807, 2.05) is 4.72 Å².